The van der Waals surface area contributed by atoms with Crippen molar-refractivity contribution in [3.63, 3.8) is 0 Å². The molecule has 2 aliphatic rings. The van der Waals surface area contributed by atoms with Crippen LogP contribution in [-0.4, -0.2) is 48.7 Å². The van der Waals surface area contributed by atoms with Gasteiger partial charge in [-0.05, 0) is 16.7 Å². The number of nitrogens with zero attached hydrogens (tertiary/aromatic N) is 1. The third kappa shape index (κ3) is 6.37. The first-order valence-electron chi connectivity index (χ1n) is 12.3. The Bertz CT molecular complexity index is 1080. The van der Waals surface area contributed by atoms with Crippen LogP contribution < -0.4 is 0 Å². The van der Waals surface area contributed by atoms with Crippen LogP contribution in [0.5, 0.6) is 0 Å². The maximum atomic E-state index is 12.3. The largest absolute Gasteiger partial charge is 0.374 e. The van der Waals surface area contributed by atoms with Crippen LogP contribution in [-0.2, 0) is 48.4 Å². The van der Waals surface area contributed by atoms with E-state index in [1.165, 1.54) is 0 Å². The fraction of sp³-hybridized carbons (Fsp3) is 0.345. The molecule has 0 amide bonds. The van der Waals surface area contributed by atoms with Crippen LogP contribution in [0.1, 0.15) is 23.1 Å². The Kier molecular flexibility index (Phi) is 8.38. The molecule has 0 aromatic heterocycles. The molecule has 5 rings (SSSR count). The molecular weight excluding hydrogens is 458 g/mol. The quantitative estimate of drug-likeness (QED) is 0.399. The van der Waals surface area contributed by atoms with Crippen LogP contribution >= 0.6 is 0 Å². The highest BCUT2D eigenvalue weighted by Gasteiger charge is 2.51. The fourth-order valence-electron chi connectivity index (χ4n) is 4.55. The van der Waals surface area contributed by atoms with Gasteiger partial charge in [-0.2, -0.15) is 0 Å². The Morgan fingerprint density at radius 1 is 0.722 bits per heavy atom. The lowest BCUT2D eigenvalue weighted by atomic mass is 10.00. The number of carbonyl (C=O) groups excluding carboxylic acids is 1. The summed E-state index contributed by atoms with van der Waals surface area (Å²) < 4.78 is 24.7. The average molecular weight is 490 g/mol. The maximum absolute atomic E-state index is 12.3. The van der Waals surface area contributed by atoms with E-state index in [-0.39, 0.29) is 25.0 Å². The molecule has 0 saturated carbocycles. The van der Waals surface area contributed by atoms with Gasteiger partial charge in [0.2, 0.25) is 0 Å². The van der Waals surface area contributed by atoms with Crippen LogP contribution in [0, 0.1) is 0 Å². The molecule has 0 bridgehead atoms. The summed E-state index contributed by atoms with van der Waals surface area (Å²) in [5.41, 5.74) is 3.19. The second kappa shape index (κ2) is 12.3. The normalized spacial score (nSPS) is 23.8. The van der Waals surface area contributed by atoms with Crippen molar-refractivity contribution >= 4 is 5.97 Å². The van der Waals surface area contributed by atoms with Crippen LogP contribution in [0.2, 0.25) is 0 Å². The van der Waals surface area contributed by atoms with Gasteiger partial charge in [0.25, 0.3) is 0 Å². The lowest BCUT2D eigenvalue weighted by molar-refractivity contribution is -0.320. The van der Waals surface area contributed by atoms with Crippen molar-refractivity contribution in [2.75, 3.05) is 13.2 Å². The van der Waals surface area contributed by atoms with E-state index in [1.807, 2.05) is 91.0 Å². The van der Waals surface area contributed by atoms with E-state index in [0.29, 0.717) is 26.4 Å². The summed E-state index contributed by atoms with van der Waals surface area (Å²) in [6, 6.07) is 29.6. The summed E-state index contributed by atoms with van der Waals surface area (Å²) in [6.45, 7) is 1.88. The van der Waals surface area contributed by atoms with Crippen molar-refractivity contribution in [3.05, 3.63) is 108 Å². The first kappa shape index (κ1) is 24.6. The Hall–Kier alpha value is -3.07. The molecule has 0 spiro atoms. The molecule has 0 aliphatic carbocycles. The van der Waals surface area contributed by atoms with E-state index < -0.39 is 18.4 Å². The number of rotatable bonds is 11. The Morgan fingerprint density at radius 3 is 1.83 bits per heavy atom. The van der Waals surface area contributed by atoms with E-state index in [0.717, 1.165) is 16.7 Å². The van der Waals surface area contributed by atoms with Crippen molar-refractivity contribution < 1.29 is 28.6 Å². The summed E-state index contributed by atoms with van der Waals surface area (Å²) in [7, 11) is 0. The second-order valence-corrected chi connectivity index (χ2v) is 8.99. The third-order valence-electron chi connectivity index (χ3n) is 6.32. The maximum Gasteiger partial charge on any atom is 0.327 e. The zero-order chi connectivity index (χ0) is 24.6. The lowest BCUT2D eigenvalue weighted by Gasteiger charge is -2.43. The molecule has 2 heterocycles. The predicted octanol–water partition coefficient (Wildman–Crippen LogP) is 4.26. The minimum atomic E-state index is -0.549. The van der Waals surface area contributed by atoms with Gasteiger partial charge < -0.3 is 23.8 Å². The van der Waals surface area contributed by atoms with Gasteiger partial charge in [-0.25, -0.2) is 0 Å². The van der Waals surface area contributed by atoms with E-state index in [1.54, 1.807) is 5.06 Å². The number of ether oxygens (including phenoxy) is 4. The van der Waals surface area contributed by atoms with E-state index >= 15 is 0 Å². The van der Waals surface area contributed by atoms with Gasteiger partial charge >= 0.3 is 5.97 Å². The van der Waals surface area contributed by atoms with Gasteiger partial charge in [-0.1, -0.05) is 91.0 Å². The molecule has 2 fully saturated rings. The van der Waals surface area contributed by atoms with Crippen molar-refractivity contribution in [1.82, 2.24) is 5.06 Å². The molecule has 188 valence electrons. The van der Waals surface area contributed by atoms with Crippen molar-refractivity contribution in [2.45, 2.75) is 50.7 Å². The number of fused-ring (bicyclic) bond motifs is 1. The molecule has 36 heavy (non-hydrogen) atoms. The summed E-state index contributed by atoms with van der Waals surface area (Å²) in [5.74, 6) is -0.296. The van der Waals surface area contributed by atoms with Gasteiger partial charge in [-0.3, -0.25) is 4.79 Å². The molecule has 2 saturated heterocycles. The van der Waals surface area contributed by atoms with Crippen LogP contribution in [0.3, 0.4) is 0 Å². The van der Waals surface area contributed by atoms with Crippen LogP contribution in [0.15, 0.2) is 91.0 Å². The second-order valence-electron chi connectivity index (χ2n) is 8.99. The molecule has 0 radical (unpaired) electrons. The SMILES string of the molecule is O=C1C[C@H]2[C@H](OCc3ccccc3)[C@@H](COCc3ccccc3)O[C@@H](COCc3ccccc3)N2O1. The Labute approximate surface area is 211 Å². The monoisotopic (exact) mass is 489 g/mol. The molecule has 7 heteroatoms. The highest BCUT2D eigenvalue weighted by atomic mass is 16.8. The number of hydroxylamine groups is 2. The molecule has 0 unspecified atom stereocenters. The molecule has 3 aromatic rings. The van der Waals surface area contributed by atoms with Crippen molar-refractivity contribution in [1.29, 1.82) is 0 Å². The highest BCUT2D eigenvalue weighted by molar-refractivity contribution is 5.71. The topological polar surface area (TPSA) is 66.5 Å². The fourth-order valence-corrected chi connectivity index (χ4v) is 4.55. The van der Waals surface area contributed by atoms with Crippen LogP contribution in [0.25, 0.3) is 0 Å². The van der Waals surface area contributed by atoms with Crippen molar-refractivity contribution in [3.8, 4) is 0 Å². The van der Waals surface area contributed by atoms with Gasteiger partial charge in [0.05, 0.1) is 45.5 Å². The average Bonchev–Trinajstić information content (AvgIpc) is 3.31. The molecule has 3 aromatic carbocycles. The molecule has 2 aliphatic heterocycles. The van der Waals surface area contributed by atoms with Crippen LogP contribution in [0.4, 0.5) is 0 Å². The first-order chi connectivity index (χ1) is 17.8. The van der Waals surface area contributed by atoms with Gasteiger partial charge in [0.15, 0.2) is 6.23 Å². The number of hydrogen-bond donors (Lipinski definition) is 0. The van der Waals surface area contributed by atoms with E-state index in [9.17, 15) is 4.79 Å². The number of benzene rings is 3. The molecular formula is C29H31NO6. The van der Waals surface area contributed by atoms with Gasteiger partial charge in [-0.15, -0.1) is 5.06 Å². The third-order valence-corrected chi connectivity index (χ3v) is 6.32. The summed E-state index contributed by atoms with van der Waals surface area (Å²) in [5, 5.41) is 1.61. The summed E-state index contributed by atoms with van der Waals surface area (Å²) in [6.07, 6.45) is -1.11. The molecule has 4 atom stereocenters. The molecule has 0 N–H and O–H groups in total. The van der Waals surface area contributed by atoms with Crippen molar-refractivity contribution in [2.24, 2.45) is 0 Å². The van der Waals surface area contributed by atoms with E-state index in [4.69, 9.17) is 23.8 Å². The zero-order valence-corrected chi connectivity index (χ0v) is 20.1. The summed E-state index contributed by atoms with van der Waals surface area (Å²) in [4.78, 5) is 17.9. The Balaban J connectivity index is 1.27. The smallest absolute Gasteiger partial charge is 0.327 e. The minimum absolute atomic E-state index is 0.229. The molecule has 7 nitrogen and oxygen atoms in total. The Morgan fingerprint density at radius 2 is 1.25 bits per heavy atom. The number of carbonyl (C=O) groups is 1. The van der Waals surface area contributed by atoms with E-state index in [2.05, 4.69) is 0 Å². The van der Waals surface area contributed by atoms with Gasteiger partial charge in [0, 0.05) is 0 Å². The summed E-state index contributed by atoms with van der Waals surface area (Å²) >= 11 is 0. The standard InChI is InChI=1S/C29H31NO6/c31-28-16-25-29(34-19-24-14-8-3-9-15-24)26(20-32-17-22-10-4-1-5-11-22)35-27(30(25)36-28)21-33-18-23-12-6-2-7-13-23/h1-15,25-27,29H,16-21H2/t25-,26+,27-,29-/m0/s1. The highest BCUT2D eigenvalue weighted by Crippen LogP contribution is 2.33. The zero-order valence-electron chi connectivity index (χ0n) is 20.1. The number of hydrogen-bond acceptors (Lipinski definition) is 7. The first-order valence-corrected chi connectivity index (χ1v) is 12.3. The predicted molar refractivity (Wildman–Crippen MR) is 132 cm³/mol. The minimum Gasteiger partial charge on any atom is -0.374 e. The van der Waals surface area contributed by atoms with Gasteiger partial charge in [0.1, 0.15) is 12.2 Å². The lowest BCUT2D eigenvalue weighted by Crippen LogP contribution is -2.60.